The molecule has 1 N–H and O–H groups in total. The second-order valence-corrected chi connectivity index (χ2v) is 4.79. The topological polar surface area (TPSA) is 84.5 Å². The zero-order chi connectivity index (χ0) is 16.7. The fraction of sp³-hybridized carbons (Fsp3) is 0.125. The van der Waals surface area contributed by atoms with Gasteiger partial charge in [0.15, 0.2) is 5.57 Å². The van der Waals surface area contributed by atoms with Crippen molar-refractivity contribution < 1.29 is 18.7 Å². The molecule has 0 amide bonds. The van der Waals surface area contributed by atoms with Gasteiger partial charge in [-0.15, -0.1) is 12.6 Å². The Morgan fingerprint density at radius 1 is 1.35 bits per heavy atom. The maximum Gasteiger partial charge on any atom is 0.352 e. The molecule has 0 radical (unpaired) electrons. The lowest BCUT2D eigenvalue weighted by atomic mass is 10.3. The van der Waals surface area contributed by atoms with E-state index in [4.69, 9.17) is 19.2 Å². The summed E-state index contributed by atoms with van der Waals surface area (Å²) in [6, 6.07) is 12.1. The molecule has 0 saturated heterocycles. The summed E-state index contributed by atoms with van der Waals surface area (Å²) in [6.45, 7) is -0.0550. The van der Waals surface area contributed by atoms with Crippen molar-refractivity contribution in [1.82, 2.24) is 0 Å². The van der Waals surface area contributed by atoms with Gasteiger partial charge in [0.25, 0.3) is 0 Å². The number of hydrogen-bond donors (Lipinski definition) is 2. The van der Waals surface area contributed by atoms with Gasteiger partial charge in [-0.25, -0.2) is 4.79 Å². The normalized spacial score (nSPS) is 11.2. The first-order valence-corrected chi connectivity index (χ1v) is 7.02. The fourth-order valence-electron chi connectivity index (χ4n) is 1.67. The van der Waals surface area contributed by atoms with Gasteiger partial charge in [0.2, 0.25) is 0 Å². The smallest absolute Gasteiger partial charge is 0.352 e. The molecule has 0 bridgehead atoms. The number of carbonyl (C=O) groups is 1. The van der Waals surface area contributed by atoms with E-state index in [1.165, 1.54) is 6.26 Å². The Balaban J connectivity index is 2.04. The summed E-state index contributed by atoms with van der Waals surface area (Å²) in [7, 11) is 1.56. The maximum absolute atomic E-state index is 11.9. The first-order valence-electron chi connectivity index (χ1n) is 6.58. The number of rotatable bonds is 6. The van der Waals surface area contributed by atoms with E-state index < -0.39 is 5.97 Å². The monoisotopic (exact) mass is 330 g/mol. The summed E-state index contributed by atoms with van der Waals surface area (Å²) < 4.78 is 15.1. The van der Waals surface area contributed by atoms with Gasteiger partial charge in [0, 0.05) is 5.69 Å². The molecule has 0 aliphatic rings. The standard InChI is InChI=1S/C16H14N2O4S/c1-20-12-6-4-11(5-7-12)18-15(23)14(9-17)16(19)22-10-13-3-2-8-21-13/h2-8,18,23H,10H2,1H3. The van der Waals surface area contributed by atoms with Gasteiger partial charge in [-0.1, -0.05) is 0 Å². The summed E-state index contributed by atoms with van der Waals surface area (Å²) in [5, 5.41) is 12.1. The third kappa shape index (κ3) is 4.56. The summed E-state index contributed by atoms with van der Waals surface area (Å²) in [4.78, 5) is 11.9. The zero-order valence-corrected chi connectivity index (χ0v) is 13.2. The number of methoxy groups -OCH3 is 1. The molecular formula is C16H14N2O4S. The van der Waals surface area contributed by atoms with E-state index in [1.54, 1.807) is 49.6 Å². The van der Waals surface area contributed by atoms with Gasteiger partial charge in [-0.2, -0.15) is 5.26 Å². The summed E-state index contributed by atoms with van der Waals surface area (Å²) in [5.74, 6) is 0.396. The fourth-order valence-corrected chi connectivity index (χ4v) is 1.94. The molecule has 2 rings (SSSR count). The second-order valence-electron chi connectivity index (χ2n) is 4.34. The first kappa shape index (κ1) is 16.5. The average Bonchev–Trinajstić information content (AvgIpc) is 3.08. The Morgan fingerprint density at radius 2 is 2.09 bits per heavy atom. The molecular weight excluding hydrogens is 316 g/mol. The number of benzene rings is 1. The molecule has 0 aliphatic heterocycles. The van der Waals surface area contributed by atoms with Gasteiger partial charge < -0.3 is 19.2 Å². The number of ether oxygens (including phenoxy) is 2. The summed E-state index contributed by atoms with van der Waals surface area (Å²) >= 11 is 4.16. The molecule has 0 atom stereocenters. The van der Waals surface area contributed by atoms with Crippen molar-refractivity contribution in [3.63, 3.8) is 0 Å². The van der Waals surface area contributed by atoms with Gasteiger partial charge in [-0.3, -0.25) is 0 Å². The summed E-state index contributed by atoms with van der Waals surface area (Å²) in [5.41, 5.74) is 0.429. The SMILES string of the molecule is COc1ccc(NC(S)=C(C#N)C(=O)OCc2ccco2)cc1. The largest absolute Gasteiger partial charge is 0.497 e. The highest BCUT2D eigenvalue weighted by Crippen LogP contribution is 2.19. The third-order valence-corrected chi connectivity index (χ3v) is 3.17. The second kappa shape index (κ2) is 7.96. The Bertz CT molecular complexity index is 730. The van der Waals surface area contributed by atoms with Gasteiger partial charge >= 0.3 is 5.97 Å². The van der Waals surface area contributed by atoms with Crippen LogP contribution in [-0.4, -0.2) is 13.1 Å². The average molecular weight is 330 g/mol. The van der Waals surface area contributed by atoms with Crippen molar-refractivity contribution in [3.05, 3.63) is 59.0 Å². The number of nitriles is 1. The van der Waals surface area contributed by atoms with Crippen molar-refractivity contribution in [2.45, 2.75) is 6.61 Å². The van der Waals surface area contributed by atoms with Crippen LogP contribution in [0.4, 0.5) is 5.69 Å². The van der Waals surface area contributed by atoms with Crippen LogP contribution in [0, 0.1) is 11.3 Å². The molecule has 118 valence electrons. The molecule has 1 aromatic heterocycles. The highest BCUT2D eigenvalue weighted by Gasteiger charge is 2.16. The molecule has 0 unspecified atom stereocenters. The van der Waals surface area contributed by atoms with Crippen LogP contribution in [0.5, 0.6) is 5.75 Å². The number of thiol groups is 1. The highest BCUT2D eigenvalue weighted by atomic mass is 32.1. The van der Waals surface area contributed by atoms with E-state index in [1.807, 2.05) is 0 Å². The van der Waals surface area contributed by atoms with Crippen LogP contribution in [0.1, 0.15) is 5.76 Å². The number of anilines is 1. The van der Waals surface area contributed by atoms with Crippen molar-refractivity contribution in [2.75, 3.05) is 12.4 Å². The van der Waals surface area contributed by atoms with Crippen LogP contribution in [0.15, 0.2) is 57.7 Å². The minimum Gasteiger partial charge on any atom is -0.497 e. The molecule has 6 nitrogen and oxygen atoms in total. The number of furan rings is 1. The number of nitrogens with zero attached hydrogens (tertiary/aromatic N) is 1. The predicted molar refractivity (Wildman–Crippen MR) is 86.7 cm³/mol. The molecule has 0 spiro atoms. The summed E-state index contributed by atoms with van der Waals surface area (Å²) in [6.07, 6.45) is 1.47. The number of hydrogen-bond acceptors (Lipinski definition) is 7. The lowest BCUT2D eigenvalue weighted by Crippen LogP contribution is -2.10. The lowest BCUT2D eigenvalue weighted by Gasteiger charge is -2.09. The number of carbonyl (C=O) groups excluding carboxylic acids is 1. The van der Waals surface area contributed by atoms with Gasteiger partial charge in [0.05, 0.1) is 18.4 Å². The highest BCUT2D eigenvalue weighted by molar-refractivity contribution is 7.84. The van der Waals surface area contributed by atoms with E-state index >= 15 is 0 Å². The van der Waals surface area contributed by atoms with Crippen LogP contribution in [0.25, 0.3) is 0 Å². The van der Waals surface area contributed by atoms with E-state index in [9.17, 15) is 4.79 Å². The zero-order valence-electron chi connectivity index (χ0n) is 12.3. The predicted octanol–water partition coefficient (Wildman–Crippen LogP) is 3.11. The van der Waals surface area contributed by atoms with Crippen LogP contribution >= 0.6 is 12.6 Å². The van der Waals surface area contributed by atoms with E-state index in [-0.39, 0.29) is 17.2 Å². The Kier molecular flexibility index (Phi) is 5.72. The minimum atomic E-state index is -0.782. The lowest BCUT2D eigenvalue weighted by molar-refractivity contribution is -0.140. The van der Waals surface area contributed by atoms with E-state index in [0.29, 0.717) is 17.2 Å². The first-order chi connectivity index (χ1) is 11.1. The quantitative estimate of drug-likeness (QED) is 0.366. The molecule has 0 saturated carbocycles. The van der Waals surface area contributed by atoms with Crippen molar-refractivity contribution >= 4 is 24.3 Å². The van der Waals surface area contributed by atoms with Crippen LogP contribution in [0.3, 0.4) is 0 Å². The van der Waals surface area contributed by atoms with Gasteiger partial charge in [0.1, 0.15) is 24.2 Å². The molecule has 1 heterocycles. The minimum absolute atomic E-state index is 0.0550. The molecule has 0 aliphatic carbocycles. The maximum atomic E-state index is 11.9. The number of esters is 1. The van der Waals surface area contributed by atoms with Gasteiger partial charge in [-0.05, 0) is 36.4 Å². The molecule has 0 fully saturated rings. The Labute approximate surface area is 138 Å². The van der Waals surface area contributed by atoms with Crippen molar-refractivity contribution in [3.8, 4) is 11.8 Å². The van der Waals surface area contributed by atoms with Crippen molar-refractivity contribution in [1.29, 1.82) is 5.26 Å². The van der Waals surface area contributed by atoms with Crippen LogP contribution < -0.4 is 10.1 Å². The molecule has 1 aromatic carbocycles. The van der Waals surface area contributed by atoms with Crippen LogP contribution in [-0.2, 0) is 16.1 Å². The molecule has 23 heavy (non-hydrogen) atoms. The molecule has 7 heteroatoms. The van der Waals surface area contributed by atoms with E-state index in [0.717, 1.165) is 0 Å². The van der Waals surface area contributed by atoms with Crippen molar-refractivity contribution in [2.24, 2.45) is 0 Å². The molecule has 2 aromatic rings. The Hall–Kier alpha value is -2.85. The number of nitrogens with one attached hydrogen (secondary N) is 1. The van der Waals surface area contributed by atoms with Crippen LogP contribution in [0.2, 0.25) is 0 Å². The van der Waals surface area contributed by atoms with E-state index in [2.05, 4.69) is 17.9 Å². The third-order valence-electron chi connectivity index (χ3n) is 2.83. The Morgan fingerprint density at radius 3 is 2.65 bits per heavy atom.